The molecule has 1 aliphatic rings. The van der Waals surface area contributed by atoms with Crippen molar-refractivity contribution >= 4 is 0 Å². The van der Waals surface area contributed by atoms with Crippen molar-refractivity contribution in [1.82, 2.24) is 10.2 Å². The quantitative estimate of drug-likeness (QED) is 0.774. The first-order valence-electron chi connectivity index (χ1n) is 7.44. The topological polar surface area (TPSA) is 33.7 Å². The van der Waals surface area contributed by atoms with E-state index >= 15 is 0 Å². The predicted octanol–water partition coefficient (Wildman–Crippen LogP) is 2.01. The summed E-state index contributed by atoms with van der Waals surface area (Å²) in [4.78, 5) is 2.40. The van der Waals surface area contributed by atoms with E-state index in [4.69, 9.17) is 9.47 Å². The summed E-state index contributed by atoms with van der Waals surface area (Å²) in [5.41, 5.74) is 0. The van der Waals surface area contributed by atoms with Crippen molar-refractivity contribution in [3.8, 4) is 11.5 Å². The number of hydrogen-bond acceptors (Lipinski definition) is 4. The molecule has 1 N–H and O–H groups in total. The monoisotopic (exact) mass is 278 g/mol. The summed E-state index contributed by atoms with van der Waals surface area (Å²) in [6.45, 7) is 5.11. The highest BCUT2D eigenvalue weighted by molar-refractivity contribution is 5.39. The Morgan fingerprint density at radius 2 is 1.90 bits per heavy atom. The van der Waals surface area contributed by atoms with Crippen LogP contribution in [0.3, 0.4) is 0 Å². The van der Waals surface area contributed by atoms with E-state index in [1.807, 2.05) is 24.3 Å². The molecular formula is C16H26N2O2. The Morgan fingerprint density at radius 3 is 2.60 bits per heavy atom. The molecule has 1 fully saturated rings. The normalized spacial score (nSPS) is 17.1. The van der Waals surface area contributed by atoms with Crippen LogP contribution in [0, 0.1) is 5.92 Å². The van der Waals surface area contributed by atoms with Crippen LogP contribution in [0.4, 0.5) is 0 Å². The molecule has 2 rings (SSSR count). The summed E-state index contributed by atoms with van der Waals surface area (Å²) < 4.78 is 11.0. The second-order valence-corrected chi connectivity index (χ2v) is 5.45. The second kappa shape index (κ2) is 8.12. The maximum atomic E-state index is 5.74. The zero-order chi connectivity index (χ0) is 14.2. The fraction of sp³-hybridized carbons (Fsp3) is 0.625. The fourth-order valence-electron chi connectivity index (χ4n) is 2.54. The van der Waals surface area contributed by atoms with Crippen LogP contribution < -0.4 is 14.8 Å². The summed E-state index contributed by atoms with van der Waals surface area (Å²) in [6.07, 6.45) is 2.60. The Balaban J connectivity index is 1.59. The minimum atomic E-state index is 0.674. The molecule has 1 aliphatic heterocycles. The van der Waals surface area contributed by atoms with E-state index < -0.39 is 0 Å². The van der Waals surface area contributed by atoms with Crippen LogP contribution in [0.15, 0.2) is 24.3 Å². The predicted molar refractivity (Wildman–Crippen MR) is 81.6 cm³/mol. The van der Waals surface area contributed by atoms with Crippen LogP contribution in [0.5, 0.6) is 11.5 Å². The Kier molecular flexibility index (Phi) is 6.15. The lowest BCUT2D eigenvalue weighted by atomic mass is 9.97. The number of methoxy groups -OCH3 is 1. The molecule has 1 aromatic rings. The van der Waals surface area contributed by atoms with E-state index in [1.54, 1.807) is 7.11 Å². The van der Waals surface area contributed by atoms with E-state index in [1.165, 1.54) is 25.9 Å². The number of piperidine rings is 1. The molecule has 4 heteroatoms. The summed E-state index contributed by atoms with van der Waals surface area (Å²) in [5.74, 6) is 2.43. The minimum absolute atomic E-state index is 0.674. The zero-order valence-corrected chi connectivity index (χ0v) is 12.6. The average molecular weight is 278 g/mol. The van der Waals surface area contributed by atoms with Crippen molar-refractivity contribution in [2.45, 2.75) is 12.8 Å². The van der Waals surface area contributed by atoms with E-state index in [0.29, 0.717) is 6.61 Å². The first kappa shape index (κ1) is 15.1. The largest absolute Gasteiger partial charge is 0.493 e. The van der Waals surface area contributed by atoms with E-state index in [0.717, 1.165) is 30.5 Å². The molecule has 1 saturated heterocycles. The van der Waals surface area contributed by atoms with Gasteiger partial charge in [0.2, 0.25) is 0 Å². The van der Waals surface area contributed by atoms with E-state index in [9.17, 15) is 0 Å². The van der Waals surface area contributed by atoms with Crippen LogP contribution in [-0.4, -0.2) is 51.8 Å². The number of ether oxygens (including phenoxy) is 2. The average Bonchev–Trinajstić information content (AvgIpc) is 2.49. The molecule has 20 heavy (non-hydrogen) atoms. The number of nitrogens with one attached hydrogen (secondary N) is 1. The van der Waals surface area contributed by atoms with Gasteiger partial charge >= 0.3 is 0 Å². The number of hydrogen-bond donors (Lipinski definition) is 1. The van der Waals surface area contributed by atoms with Gasteiger partial charge in [-0.2, -0.15) is 0 Å². The minimum Gasteiger partial charge on any atom is -0.493 e. The summed E-state index contributed by atoms with van der Waals surface area (Å²) in [7, 11) is 3.87. The van der Waals surface area contributed by atoms with Crippen molar-refractivity contribution in [1.29, 1.82) is 0 Å². The van der Waals surface area contributed by atoms with E-state index in [-0.39, 0.29) is 0 Å². The smallest absolute Gasteiger partial charge is 0.161 e. The molecular weight excluding hydrogens is 252 g/mol. The van der Waals surface area contributed by atoms with Crippen molar-refractivity contribution in [2.24, 2.45) is 5.92 Å². The Bertz CT molecular complexity index is 390. The van der Waals surface area contributed by atoms with E-state index in [2.05, 4.69) is 17.3 Å². The highest BCUT2D eigenvalue weighted by Crippen LogP contribution is 2.25. The SMILES string of the molecule is COc1ccccc1OCCNCC1CCN(C)CC1. The first-order valence-corrected chi connectivity index (χ1v) is 7.44. The third-order valence-corrected chi connectivity index (χ3v) is 3.88. The lowest BCUT2D eigenvalue weighted by Crippen LogP contribution is -2.36. The molecule has 112 valence electrons. The molecule has 0 spiro atoms. The molecule has 0 unspecified atom stereocenters. The molecule has 0 aromatic heterocycles. The molecule has 0 saturated carbocycles. The van der Waals surface area contributed by atoms with Crippen molar-refractivity contribution in [3.05, 3.63) is 24.3 Å². The number of likely N-dealkylation sites (tertiary alicyclic amines) is 1. The van der Waals surface area contributed by atoms with Gasteiger partial charge in [-0.3, -0.25) is 0 Å². The van der Waals surface area contributed by atoms with Gasteiger partial charge in [0.25, 0.3) is 0 Å². The Hall–Kier alpha value is -1.26. The Labute approximate surface area is 122 Å². The number of para-hydroxylation sites is 2. The van der Waals surface area contributed by atoms with Gasteiger partial charge in [0.05, 0.1) is 7.11 Å². The molecule has 0 amide bonds. The van der Waals surface area contributed by atoms with Crippen LogP contribution in [0.1, 0.15) is 12.8 Å². The van der Waals surface area contributed by atoms with Gasteiger partial charge in [-0.1, -0.05) is 12.1 Å². The van der Waals surface area contributed by atoms with Gasteiger partial charge in [0.15, 0.2) is 11.5 Å². The maximum Gasteiger partial charge on any atom is 0.161 e. The lowest BCUT2D eigenvalue weighted by Gasteiger charge is -2.29. The highest BCUT2D eigenvalue weighted by atomic mass is 16.5. The first-order chi connectivity index (χ1) is 9.79. The van der Waals surface area contributed by atoms with Crippen LogP contribution in [-0.2, 0) is 0 Å². The summed E-state index contributed by atoms with van der Waals surface area (Å²) in [5, 5.41) is 3.49. The molecule has 4 nitrogen and oxygen atoms in total. The van der Waals surface area contributed by atoms with Crippen LogP contribution in [0.25, 0.3) is 0 Å². The van der Waals surface area contributed by atoms with Crippen molar-refractivity contribution in [2.75, 3.05) is 46.9 Å². The number of benzene rings is 1. The molecule has 0 radical (unpaired) electrons. The van der Waals surface area contributed by atoms with Gasteiger partial charge in [-0.15, -0.1) is 0 Å². The molecule has 1 heterocycles. The third kappa shape index (κ3) is 4.69. The Morgan fingerprint density at radius 1 is 1.20 bits per heavy atom. The van der Waals surface area contributed by atoms with Gasteiger partial charge in [0.1, 0.15) is 6.61 Å². The summed E-state index contributed by atoms with van der Waals surface area (Å²) >= 11 is 0. The lowest BCUT2D eigenvalue weighted by molar-refractivity contribution is 0.212. The fourth-order valence-corrected chi connectivity index (χ4v) is 2.54. The molecule has 0 atom stereocenters. The maximum absolute atomic E-state index is 5.74. The van der Waals surface area contributed by atoms with Crippen molar-refractivity contribution in [3.63, 3.8) is 0 Å². The third-order valence-electron chi connectivity index (χ3n) is 3.88. The number of rotatable bonds is 7. The highest BCUT2D eigenvalue weighted by Gasteiger charge is 2.15. The van der Waals surface area contributed by atoms with Crippen LogP contribution in [0.2, 0.25) is 0 Å². The van der Waals surface area contributed by atoms with Gasteiger partial charge < -0.3 is 19.7 Å². The molecule has 0 bridgehead atoms. The van der Waals surface area contributed by atoms with Crippen molar-refractivity contribution < 1.29 is 9.47 Å². The van der Waals surface area contributed by atoms with Gasteiger partial charge in [-0.25, -0.2) is 0 Å². The summed E-state index contributed by atoms with van der Waals surface area (Å²) in [6, 6.07) is 7.77. The van der Waals surface area contributed by atoms with Gasteiger partial charge in [0, 0.05) is 6.54 Å². The second-order valence-electron chi connectivity index (χ2n) is 5.45. The zero-order valence-electron chi connectivity index (χ0n) is 12.6. The van der Waals surface area contributed by atoms with Crippen LogP contribution >= 0.6 is 0 Å². The molecule has 0 aliphatic carbocycles. The number of nitrogens with zero attached hydrogens (tertiary/aromatic N) is 1. The van der Waals surface area contributed by atoms with Gasteiger partial charge in [-0.05, 0) is 57.6 Å². The molecule has 1 aromatic carbocycles. The standard InChI is InChI=1S/C16H26N2O2/c1-18-10-7-14(8-11-18)13-17-9-12-20-16-6-4-3-5-15(16)19-2/h3-6,14,17H,7-13H2,1-2H3.